The van der Waals surface area contributed by atoms with Gasteiger partial charge in [0.15, 0.2) is 0 Å². The normalized spacial score (nSPS) is 9.00. The zero-order valence-electron chi connectivity index (χ0n) is 11.1. The topological polar surface area (TPSA) is 12.0 Å². The Kier molecular flexibility index (Phi) is 12.6. The van der Waals surface area contributed by atoms with Gasteiger partial charge >= 0.3 is 18.9 Å². The average molecular weight is 187 g/mol. The Hall–Kier alpha value is -0.223. The van der Waals surface area contributed by atoms with Gasteiger partial charge in [0.1, 0.15) is 0 Å². The van der Waals surface area contributed by atoms with Gasteiger partial charge in [-0.25, -0.2) is 0 Å². The first-order valence-corrected chi connectivity index (χ1v) is 4.89. The Morgan fingerprint density at radius 3 is 1.00 bits per heavy atom. The molecule has 1 rings (SSSR count). The van der Waals surface area contributed by atoms with Crippen molar-refractivity contribution in [1.29, 1.82) is 0 Å². The minimum Gasteiger partial charge on any atom is -1.00 e. The van der Waals surface area contributed by atoms with E-state index in [0.29, 0.717) is 12.1 Å². The number of nitrogens with one attached hydrogen (secondary N) is 1. The van der Waals surface area contributed by atoms with Crippen LogP contribution in [-0.2, 0) is 0 Å². The van der Waals surface area contributed by atoms with Crippen molar-refractivity contribution in [2.45, 2.75) is 39.8 Å². The summed E-state index contributed by atoms with van der Waals surface area (Å²) < 4.78 is 0. The summed E-state index contributed by atoms with van der Waals surface area (Å²) in [4.78, 5) is 0. The van der Waals surface area contributed by atoms with Gasteiger partial charge in [0.05, 0.1) is 0 Å². The van der Waals surface area contributed by atoms with Crippen LogP contribution in [0.25, 0.3) is 0 Å². The van der Waals surface area contributed by atoms with Gasteiger partial charge in [-0.15, -0.1) is 0 Å². The fourth-order valence-corrected chi connectivity index (χ4v) is 1.05. The molecule has 1 N–H and O–H groups in total. The van der Waals surface area contributed by atoms with Crippen LogP contribution in [0.2, 0.25) is 0 Å². The van der Waals surface area contributed by atoms with Crippen molar-refractivity contribution in [3.05, 3.63) is 36.4 Å². The van der Waals surface area contributed by atoms with Gasteiger partial charge in [-0.2, -0.15) is 0 Å². The third-order valence-corrected chi connectivity index (χ3v) is 1.33. The minimum absolute atomic E-state index is 0. The average Bonchev–Trinajstić information content (AvgIpc) is 2.06. The van der Waals surface area contributed by atoms with Crippen LogP contribution in [0.15, 0.2) is 36.4 Å². The van der Waals surface area contributed by atoms with Gasteiger partial charge in [-0.05, 0) is 0 Å². The number of benzene rings is 1. The molecule has 0 aliphatic heterocycles. The molecule has 0 bridgehead atoms. The fraction of sp³-hybridized carbons (Fsp3) is 0.500. The van der Waals surface area contributed by atoms with E-state index in [-0.39, 0.29) is 20.3 Å². The summed E-state index contributed by atoms with van der Waals surface area (Å²) >= 11 is 0. The van der Waals surface area contributed by atoms with Crippen LogP contribution in [0.4, 0.5) is 0 Å². The second-order valence-electron chi connectivity index (χ2n) is 3.63. The molecule has 76 valence electrons. The SMILES string of the molecule is CC(C)NC(C)C.[H-].[Li+].c1ccccc1. The Morgan fingerprint density at radius 2 is 0.929 bits per heavy atom. The van der Waals surface area contributed by atoms with Crippen molar-refractivity contribution < 1.29 is 20.3 Å². The van der Waals surface area contributed by atoms with Crippen LogP contribution in [-0.4, -0.2) is 12.1 Å². The molecule has 0 aromatic heterocycles. The molecule has 0 fully saturated rings. The van der Waals surface area contributed by atoms with Crippen molar-refractivity contribution >= 4 is 0 Å². The predicted octanol–water partition coefficient (Wildman–Crippen LogP) is 0.196. The van der Waals surface area contributed by atoms with Crippen molar-refractivity contribution in [3.8, 4) is 0 Å². The van der Waals surface area contributed by atoms with E-state index in [9.17, 15) is 0 Å². The van der Waals surface area contributed by atoms with Gasteiger partial charge in [-0.3, -0.25) is 0 Å². The standard InChI is InChI=1S/C6H15N.C6H6.Li.H/c1-5(2)7-6(3)4;1-2-4-6-5-3-1;;/h5-7H,1-4H3;1-6H;;/q;;+1;-1. The molecule has 1 aromatic rings. The summed E-state index contributed by atoms with van der Waals surface area (Å²) in [6, 6.07) is 13.2. The molecule has 14 heavy (non-hydrogen) atoms. The first-order valence-electron chi connectivity index (χ1n) is 4.89. The van der Waals surface area contributed by atoms with E-state index in [4.69, 9.17) is 0 Å². The molecule has 0 saturated carbocycles. The minimum atomic E-state index is 0. The van der Waals surface area contributed by atoms with Crippen molar-refractivity contribution in [3.63, 3.8) is 0 Å². The molecule has 0 amide bonds. The fourth-order valence-electron chi connectivity index (χ4n) is 1.05. The van der Waals surface area contributed by atoms with Gasteiger partial charge in [-0.1, -0.05) is 64.1 Å². The van der Waals surface area contributed by atoms with Crippen LogP contribution in [0.1, 0.15) is 29.1 Å². The maximum Gasteiger partial charge on any atom is 1.00 e. The maximum absolute atomic E-state index is 3.31. The van der Waals surface area contributed by atoms with E-state index in [1.807, 2.05) is 36.4 Å². The van der Waals surface area contributed by atoms with E-state index >= 15 is 0 Å². The number of rotatable bonds is 2. The first kappa shape index (κ1) is 16.2. The van der Waals surface area contributed by atoms with Gasteiger partial charge < -0.3 is 6.74 Å². The third-order valence-electron chi connectivity index (χ3n) is 1.33. The quantitative estimate of drug-likeness (QED) is 0.652. The zero-order valence-corrected chi connectivity index (χ0v) is 10.1. The molecule has 0 aliphatic rings. The van der Waals surface area contributed by atoms with Gasteiger partial charge in [0, 0.05) is 12.1 Å². The molecule has 0 unspecified atom stereocenters. The van der Waals surface area contributed by atoms with E-state index < -0.39 is 0 Å². The maximum atomic E-state index is 3.31. The molecule has 0 aliphatic carbocycles. The Morgan fingerprint density at radius 1 is 0.714 bits per heavy atom. The summed E-state index contributed by atoms with van der Waals surface area (Å²) in [6.45, 7) is 8.61. The molecule has 0 spiro atoms. The Bertz CT molecular complexity index is 157. The molecule has 0 saturated heterocycles. The largest absolute Gasteiger partial charge is 1.00 e. The predicted molar refractivity (Wildman–Crippen MR) is 61.0 cm³/mol. The summed E-state index contributed by atoms with van der Waals surface area (Å²) in [5, 5.41) is 3.31. The molecular formula is C12H22LiN. The van der Waals surface area contributed by atoms with Crippen molar-refractivity contribution in [2.75, 3.05) is 0 Å². The molecule has 1 aromatic carbocycles. The number of hydrogen-bond acceptors (Lipinski definition) is 1. The van der Waals surface area contributed by atoms with Crippen LogP contribution < -0.4 is 24.2 Å². The van der Waals surface area contributed by atoms with Crippen LogP contribution in [0, 0.1) is 0 Å². The Labute approximate surface area is 102 Å². The van der Waals surface area contributed by atoms with Gasteiger partial charge in [0.2, 0.25) is 0 Å². The molecule has 0 radical (unpaired) electrons. The van der Waals surface area contributed by atoms with Crippen molar-refractivity contribution in [2.24, 2.45) is 0 Å². The van der Waals surface area contributed by atoms with Crippen molar-refractivity contribution in [1.82, 2.24) is 5.32 Å². The van der Waals surface area contributed by atoms with Gasteiger partial charge in [0.25, 0.3) is 0 Å². The molecule has 2 heteroatoms. The Balaban J connectivity index is -0.000000170. The number of hydrogen-bond donors (Lipinski definition) is 1. The van der Waals surface area contributed by atoms with E-state index in [1.165, 1.54) is 0 Å². The van der Waals surface area contributed by atoms with Crippen LogP contribution in [0.5, 0.6) is 0 Å². The van der Waals surface area contributed by atoms with Crippen LogP contribution in [0.3, 0.4) is 0 Å². The smallest absolute Gasteiger partial charge is 1.00 e. The molecule has 0 heterocycles. The summed E-state index contributed by atoms with van der Waals surface area (Å²) in [7, 11) is 0. The third kappa shape index (κ3) is 14.3. The van der Waals surface area contributed by atoms with E-state index in [2.05, 4.69) is 33.0 Å². The van der Waals surface area contributed by atoms with E-state index in [0.717, 1.165) is 0 Å². The summed E-state index contributed by atoms with van der Waals surface area (Å²) in [5.41, 5.74) is 0. The second-order valence-corrected chi connectivity index (χ2v) is 3.63. The molecule has 1 nitrogen and oxygen atoms in total. The monoisotopic (exact) mass is 187 g/mol. The summed E-state index contributed by atoms with van der Waals surface area (Å²) in [5.74, 6) is 0. The zero-order chi connectivity index (χ0) is 10.1. The first-order chi connectivity index (χ1) is 6.13. The summed E-state index contributed by atoms with van der Waals surface area (Å²) in [6.07, 6.45) is 0. The van der Waals surface area contributed by atoms with E-state index in [1.54, 1.807) is 0 Å². The second kappa shape index (κ2) is 10.9. The molecular weight excluding hydrogens is 165 g/mol. The molecule has 0 atom stereocenters. The van der Waals surface area contributed by atoms with Crippen LogP contribution >= 0.6 is 0 Å².